The quantitative estimate of drug-likeness (QED) is 0.326. The van der Waals surface area contributed by atoms with E-state index < -0.39 is 12.0 Å². The van der Waals surface area contributed by atoms with Gasteiger partial charge >= 0.3 is 0 Å². The van der Waals surface area contributed by atoms with Crippen molar-refractivity contribution in [2.45, 2.75) is 38.5 Å². The lowest BCUT2D eigenvalue weighted by Gasteiger charge is -2.23. The minimum Gasteiger partial charge on any atom is -0.486 e. The highest BCUT2D eigenvalue weighted by molar-refractivity contribution is 6.35. The van der Waals surface area contributed by atoms with E-state index in [1.54, 1.807) is 30.6 Å². The van der Waals surface area contributed by atoms with Crippen LogP contribution in [0.2, 0.25) is 10.0 Å². The first-order valence-electron chi connectivity index (χ1n) is 11.4. The summed E-state index contributed by atoms with van der Waals surface area (Å²) in [5.74, 6) is 0.139. The van der Waals surface area contributed by atoms with Gasteiger partial charge in [0, 0.05) is 41.1 Å². The molecule has 2 atom stereocenters. The molecule has 35 heavy (non-hydrogen) atoms. The Bertz CT molecular complexity index is 1380. The average molecular weight is 511 g/mol. The highest BCUT2D eigenvalue weighted by Crippen LogP contribution is 2.37. The van der Waals surface area contributed by atoms with Crippen LogP contribution in [0.25, 0.3) is 22.2 Å². The minimum absolute atomic E-state index is 0.153. The van der Waals surface area contributed by atoms with E-state index in [0.29, 0.717) is 33.5 Å². The first kappa shape index (κ1) is 23.6. The molecule has 1 unspecified atom stereocenters. The fourth-order valence-corrected chi connectivity index (χ4v) is 5.11. The van der Waals surface area contributed by atoms with Gasteiger partial charge in [-0.1, -0.05) is 35.3 Å². The van der Waals surface area contributed by atoms with Gasteiger partial charge in [0.1, 0.15) is 17.5 Å². The van der Waals surface area contributed by atoms with Gasteiger partial charge in [0.2, 0.25) is 5.91 Å². The lowest BCUT2D eigenvalue weighted by atomic mass is 10.0. The molecule has 1 fully saturated rings. The van der Waals surface area contributed by atoms with Crippen LogP contribution in [0.3, 0.4) is 0 Å². The maximum atomic E-state index is 11.8. The van der Waals surface area contributed by atoms with Crippen LogP contribution in [0.4, 0.5) is 0 Å². The molecule has 3 heterocycles. The van der Waals surface area contributed by atoms with E-state index in [2.05, 4.69) is 4.98 Å². The Morgan fingerprint density at radius 1 is 1.17 bits per heavy atom. The number of primary amides is 1. The number of benzene rings is 2. The van der Waals surface area contributed by atoms with E-state index in [1.165, 1.54) is 0 Å². The van der Waals surface area contributed by atoms with E-state index in [9.17, 15) is 4.79 Å². The molecule has 0 bridgehead atoms. The van der Waals surface area contributed by atoms with Crippen molar-refractivity contribution in [2.24, 2.45) is 5.73 Å². The third kappa shape index (κ3) is 4.72. The number of carbonyl (C=O) groups is 1. The van der Waals surface area contributed by atoms with Crippen molar-refractivity contribution in [3.05, 3.63) is 76.0 Å². The summed E-state index contributed by atoms with van der Waals surface area (Å²) in [6, 6.07) is 13.0. The third-order valence-electron chi connectivity index (χ3n) is 6.14. The van der Waals surface area contributed by atoms with Crippen LogP contribution in [0.1, 0.15) is 54.4 Å². The lowest BCUT2D eigenvalue weighted by molar-refractivity contribution is -0.0365. The number of nitrogens with two attached hydrogens (primary N) is 1. The molecule has 1 saturated heterocycles. The first-order chi connectivity index (χ1) is 16.9. The van der Waals surface area contributed by atoms with Crippen LogP contribution in [0.5, 0.6) is 5.75 Å². The molecular formula is C26H24Cl2N4O3. The molecule has 2 aromatic heterocycles. The SMILES string of the molecule is C[C@@H](Oc1ccc2c(c1)c(-c1cccc(C(N)=O)c1)nn2C1CCCCO1)c1c(Cl)cncc1Cl. The van der Waals surface area contributed by atoms with Crippen LogP contribution in [-0.4, -0.2) is 27.3 Å². The zero-order chi connectivity index (χ0) is 24.5. The standard InChI is InChI=1S/C26H24Cl2N4O3/c1-15(24-20(27)13-30-14-21(24)28)35-18-8-9-22-19(12-18)25(16-5-4-6-17(11-16)26(29)33)31-32(22)23-7-2-3-10-34-23/h4-6,8-9,11-15,23H,2-3,7,10H2,1H3,(H2,29,33)/t15-,23?/m1/s1. The predicted molar refractivity (Wildman–Crippen MR) is 136 cm³/mol. The molecular weight excluding hydrogens is 487 g/mol. The Labute approximate surface area is 212 Å². The average Bonchev–Trinajstić information content (AvgIpc) is 3.23. The summed E-state index contributed by atoms with van der Waals surface area (Å²) in [7, 11) is 0. The maximum absolute atomic E-state index is 11.8. The van der Waals surface area contributed by atoms with Gasteiger partial charge in [-0.05, 0) is 56.5 Å². The zero-order valence-electron chi connectivity index (χ0n) is 19.1. The van der Waals surface area contributed by atoms with Gasteiger partial charge < -0.3 is 15.2 Å². The Morgan fingerprint density at radius 3 is 2.69 bits per heavy atom. The van der Waals surface area contributed by atoms with Crippen molar-refractivity contribution in [3.8, 4) is 17.0 Å². The van der Waals surface area contributed by atoms with Gasteiger partial charge in [0.05, 0.1) is 15.6 Å². The van der Waals surface area contributed by atoms with Gasteiger partial charge in [-0.3, -0.25) is 9.78 Å². The van der Waals surface area contributed by atoms with E-state index in [-0.39, 0.29) is 6.23 Å². The summed E-state index contributed by atoms with van der Waals surface area (Å²) in [6.45, 7) is 2.58. The van der Waals surface area contributed by atoms with Crippen molar-refractivity contribution >= 4 is 40.0 Å². The van der Waals surface area contributed by atoms with E-state index >= 15 is 0 Å². The van der Waals surface area contributed by atoms with E-state index in [1.807, 2.05) is 35.9 Å². The molecule has 9 heteroatoms. The summed E-state index contributed by atoms with van der Waals surface area (Å²) in [6.07, 6.45) is 5.52. The Hall–Kier alpha value is -3.13. The number of carbonyl (C=O) groups excluding carboxylic acids is 1. The number of halogens is 2. The Balaban J connectivity index is 1.59. The third-order valence-corrected chi connectivity index (χ3v) is 6.74. The molecule has 5 rings (SSSR count). The van der Waals surface area contributed by atoms with Gasteiger partial charge in [-0.15, -0.1) is 0 Å². The number of amides is 1. The number of fused-ring (bicyclic) bond motifs is 1. The Kier molecular flexibility index (Phi) is 6.65. The second-order valence-corrected chi connectivity index (χ2v) is 9.33. The maximum Gasteiger partial charge on any atom is 0.248 e. The number of hydrogen-bond donors (Lipinski definition) is 1. The summed E-state index contributed by atoms with van der Waals surface area (Å²) >= 11 is 12.7. The Morgan fingerprint density at radius 2 is 1.97 bits per heavy atom. The number of ether oxygens (including phenoxy) is 2. The number of hydrogen-bond acceptors (Lipinski definition) is 5. The van der Waals surface area contributed by atoms with Crippen molar-refractivity contribution in [1.29, 1.82) is 0 Å². The largest absolute Gasteiger partial charge is 0.486 e. The number of aromatic nitrogens is 3. The number of rotatable bonds is 6. The molecule has 1 aliphatic rings. The minimum atomic E-state index is -0.491. The van der Waals surface area contributed by atoms with Crippen molar-refractivity contribution in [2.75, 3.05) is 6.61 Å². The second kappa shape index (κ2) is 9.85. The molecule has 1 amide bonds. The summed E-state index contributed by atoms with van der Waals surface area (Å²) in [4.78, 5) is 15.8. The van der Waals surface area contributed by atoms with Crippen molar-refractivity contribution in [1.82, 2.24) is 14.8 Å². The summed E-state index contributed by atoms with van der Waals surface area (Å²) < 4.78 is 14.2. The fourth-order valence-electron chi connectivity index (χ4n) is 4.44. The normalized spacial score (nSPS) is 16.8. The fraction of sp³-hybridized carbons (Fsp3) is 0.269. The molecule has 0 aliphatic carbocycles. The highest BCUT2D eigenvalue weighted by atomic mass is 35.5. The molecule has 0 radical (unpaired) electrons. The molecule has 1 aliphatic heterocycles. The monoisotopic (exact) mass is 510 g/mol. The molecule has 0 spiro atoms. The van der Waals surface area contributed by atoms with Crippen molar-refractivity contribution < 1.29 is 14.3 Å². The topological polar surface area (TPSA) is 92.3 Å². The number of nitrogens with zero attached hydrogens (tertiary/aromatic N) is 3. The van der Waals surface area contributed by atoms with Crippen LogP contribution < -0.4 is 10.5 Å². The smallest absolute Gasteiger partial charge is 0.248 e. The highest BCUT2D eigenvalue weighted by Gasteiger charge is 2.23. The van der Waals surface area contributed by atoms with Crippen LogP contribution >= 0.6 is 23.2 Å². The van der Waals surface area contributed by atoms with Gasteiger partial charge in [-0.2, -0.15) is 5.10 Å². The molecule has 7 nitrogen and oxygen atoms in total. The molecule has 180 valence electrons. The number of pyridine rings is 1. The lowest BCUT2D eigenvalue weighted by Crippen LogP contribution is -2.19. The predicted octanol–water partition coefficient (Wildman–Crippen LogP) is 6.34. The van der Waals surface area contributed by atoms with Crippen LogP contribution in [0.15, 0.2) is 54.9 Å². The molecule has 4 aromatic rings. The second-order valence-electron chi connectivity index (χ2n) is 8.52. The van der Waals surface area contributed by atoms with Crippen LogP contribution in [0, 0.1) is 0 Å². The van der Waals surface area contributed by atoms with Crippen LogP contribution in [-0.2, 0) is 4.74 Å². The van der Waals surface area contributed by atoms with E-state index in [4.69, 9.17) is 43.5 Å². The van der Waals surface area contributed by atoms with Gasteiger partial charge in [0.25, 0.3) is 0 Å². The van der Waals surface area contributed by atoms with Crippen molar-refractivity contribution in [3.63, 3.8) is 0 Å². The van der Waals surface area contributed by atoms with Gasteiger partial charge in [-0.25, -0.2) is 4.68 Å². The molecule has 0 saturated carbocycles. The molecule has 2 aromatic carbocycles. The van der Waals surface area contributed by atoms with E-state index in [0.717, 1.165) is 41.4 Å². The first-order valence-corrected chi connectivity index (χ1v) is 12.2. The summed E-state index contributed by atoms with van der Waals surface area (Å²) in [5.41, 5.74) is 9.03. The summed E-state index contributed by atoms with van der Waals surface area (Å²) in [5, 5.41) is 6.68. The van der Waals surface area contributed by atoms with Gasteiger partial charge in [0.15, 0.2) is 6.23 Å². The molecule has 2 N–H and O–H groups in total. The zero-order valence-corrected chi connectivity index (χ0v) is 20.6.